The fourth-order valence-corrected chi connectivity index (χ4v) is 2.18. The van der Waals surface area contributed by atoms with Crippen molar-refractivity contribution in [3.8, 4) is 0 Å². The predicted molar refractivity (Wildman–Crippen MR) is 70.3 cm³/mol. The van der Waals surface area contributed by atoms with Gasteiger partial charge in [0.15, 0.2) is 0 Å². The van der Waals surface area contributed by atoms with Crippen molar-refractivity contribution in [3.63, 3.8) is 0 Å². The molecule has 1 aromatic heterocycles. The average molecular weight is 245 g/mol. The molecule has 0 atom stereocenters. The van der Waals surface area contributed by atoms with Crippen molar-refractivity contribution in [1.82, 2.24) is 4.57 Å². The molecule has 0 bridgehead atoms. The van der Waals surface area contributed by atoms with Gasteiger partial charge in [-0.25, -0.2) is 4.79 Å². The minimum atomic E-state index is -1.17. The molecule has 0 aliphatic heterocycles. The topological polar surface area (TPSA) is 59.3 Å². The first-order valence-electron chi connectivity index (χ1n) is 5.82. The summed E-state index contributed by atoms with van der Waals surface area (Å²) >= 11 is 0. The van der Waals surface area contributed by atoms with Gasteiger partial charge in [0, 0.05) is 18.1 Å². The molecule has 0 saturated heterocycles. The van der Waals surface area contributed by atoms with Gasteiger partial charge < -0.3 is 9.67 Å². The third-order valence-electron chi connectivity index (χ3n) is 3.38. The van der Waals surface area contributed by atoms with E-state index in [0.717, 1.165) is 17.5 Å². The Morgan fingerprint density at radius 3 is 2.61 bits per heavy atom. The molecule has 2 aromatic rings. The van der Waals surface area contributed by atoms with E-state index in [-0.39, 0.29) is 5.56 Å². The van der Waals surface area contributed by atoms with Crippen molar-refractivity contribution in [2.45, 2.75) is 20.3 Å². The number of rotatable bonds is 2. The van der Waals surface area contributed by atoms with Crippen molar-refractivity contribution in [2.24, 2.45) is 7.05 Å². The molecule has 1 heterocycles. The Kier molecular flexibility index (Phi) is 2.95. The van der Waals surface area contributed by atoms with Crippen LogP contribution in [-0.4, -0.2) is 15.6 Å². The predicted octanol–water partition coefficient (Wildman–Crippen LogP) is 2.11. The van der Waals surface area contributed by atoms with Crippen molar-refractivity contribution in [1.29, 1.82) is 0 Å². The molecule has 18 heavy (non-hydrogen) atoms. The second kappa shape index (κ2) is 4.29. The van der Waals surface area contributed by atoms with E-state index in [0.29, 0.717) is 11.1 Å². The number of benzene rings is 1. The SMILES string of the molecule is CCc1ccc2c(c1)c(=O)c(C(=O)O)c(C)n2C. The molecular formula is C14H15NO3. The monoisotopic (exact) mass is 245 g/mol. The van der Waals surface area contributed by atoms with E-state index >= 15 is 0 Å². The van der Waals surface area contributed by atoms with Gasteiger partial charge >= 0.3 is 5.97 Å². The van der Waals surface area contributed by atoms with Crippen LogP contribution in [0.3, 0.4) is 0 Å². The lowest BCUT2D eigenvalue weighted by atomic mass is 10.0. The summed E-state index contributed by atoms with van der Waals surface area (Å²) in [5.41, 5.74) is 1.73. The maximum atomic E-state index is 12.2. The number of hydrogen-bond acceptors (Lipinski definition) is 2. The van der Waals surface area contributed by atoms with Crippen LogP contribution in [-0.2, 0) is 13.5 Å². The quantitative estimate of drug-likeness (QED) is 0.881. The molecule has 0 fully saturated rings. The Hall–Kier alpha value is -2.10. The molecule has 0 aliphatic carbocycles. The van der Waals surface area contributed by atoms with Gasteiger partial charge in [-0.2, -0.15) is 0 Å². The first kappa shape index (κ1) is 12.4. The molecule has 0 radical (unpaired) electrons. The van der Waals surface area contributed by atoms with Gasteiger partial charge in [-0.3, -0.25) is 4.79 Å². The highest BCUT2D eigenvalue weighted by molar-refractivity contribution is 5.94. The number of pyridine rings is 1. The van der Waals surface area contributed by atoms with Crippen molar-refractivity contribution in [3.05, 3.63) is 45.2 Å². The largest absolute Gasteiger partial charge is 0.477 e. The smallest absolute Gasteiger partial charge is 0.341 e. The zero-order valence-corrected chi connectivity index (χ0v) is 10.7. The second-order valence-electron chi connectivity index (χ2n) is 4.36. The molecule has 4 heteroatoms. The summed E-state index contributed by atoms with van der Waals surface area (Å²) in [5.74, 6) is -1.17. The van der Waals surface area contributed by atoms with Crippen LogP contribution >= 0.6 is 0 Å². The zero-order valence-electron chi connectivity index (χ0n) is 10.7. The Labute approximate surface area is 104 Å². The van der Waals surface area contributed by atoms with Crippen molar-refractivity contribution < 1.29 is 9.90 Å². The van der Waals surface area contributed by atoms with E-state index < -0.39 is 11.4 Å². The van der Waals surface area contributed by atoms with Gasteiger partial charge in [-0.05, 0) is 31.0 Å². The molecule has 2 rings (SSSR count). The molecule has 1 N–H and O–H groups in total. The number of aromatic carboxylic acids is 1. The third-order valence-corrected chi connectivity index (χ3v) is 3.38. The van der Waals surface area contributed by atoms with Crippen LogP contribution in [0.15, 0.2) is 23.0 Å². The second-order valence-corrected chi connectivity index (χ2v) is 4.36. The van der Waals surface area contributed by atoms with Crippen LogP contribution < -0.4 is 5.43 Å². The fourth-order valence-electron chi connectivity index (χ4n) is 2.18. The number of hydrogen-bond donors (Lipinski definition) is 1. The summed E-state index contributed by atoms with van der Waals surface area (Å²) < 4.78 is 1.75. The molecule has 0 amide bonds. The van der Waals surface area contributed by atoms with Crippen LogP contribution in [0.2, 0.25) is 0 Å². The number of aromatic nitrogens is 1. The summed E-state index contributed by atoms with van der Waals surface area (Å²) in [6.07, 6.45) is 0.815. The number of carbonyl (C=O) groups is 1. The maximum absolute atomic E-state index is 12.2. The van der Waals surface area contributed by atoms with E-state index in [1.807, 2.05) is 19.1 Å². The minimum absolute atomic E-state index is 0.141. The van der Waals surface area contributed by atoms with E-state index in [1.54, 1.807) is 24.6 Å². The molecular weight excluding hydrogens is 230 g/mol. The number of carboxylic acid groups (broad SMARTS) is 1. The number of aryl methyl sites for hydroxylation is 2. The Bertz CT molecular complexity index is 698. The first-order valence-corrected chi connectivity index (χ1v) is 5.82. The molecule has 94 valence electrons. The van der Waals surface area contributed by atoms with Crippen molar-refractivity contribution >= 4 is 16.9 Å². The van der Waals surface area contributed by atoms with Crippen LogP contribution in [0.1, 0.15) is 28.5 Å². The van der Waals surface area contributed by atoms with E-state index in [2.05, 4.69) is 0 Å². The summed E-state index contributed by atoms with van der Waals surface area (Å²) in [4.78, 5) is 23.4. The van der Waals surface area contributed by atoms with Gasteiger partial charge in [-0.15, -0.1) is 0 Å². The average Bonchev–Trinajstić information content (AvgIpc) is 2.35. The van der Waals surface area contributed by atoms with Crippen molar-refractivity contribution in [2.75, 3.05) is 0 Å². The van der Waals surface area contributed by atoms with Crippen LogP contribution in [0.4, 0.5) is 0 Å². The maximum Gasteiger partial charge on any atom is 0.341 e. The normalized spacial score (nSPS) is 10.8. The lowest BCUT2D eigenvalue weighted by Crippen LogP contribution is -2.21. The van der Waals surface area contributed by atoms with Crippen LogP contribution in [0, 0.1) is 6.92 Å². The van der Waals surface area contributed by atoms with E-state index in [9.17, 15) is 9.59 Å². The summed E-state index contributed by atoms with van der Waals surface area (Å²) in [7, 11) is 1.77. The molecule has 1 aromatic carbocycles. The summed E-state index contributed by atoms with van der Waals surface area (Å²) in [6, 6.07) is 5.61. The van der Waals surface area contributed by atoms with Gasteiger partial charge in [0.25, 0.3) is 0 Å². The van der Waals surface area contributed by atoms with Gasteiger partial charge in [0.2, 0.25) is 5.43 Å². The Balaban J connectivity index is 2.99. The zero-order chi connectivity index (χ0) is 13.4. The van der Waals surface area contributed by atoms with Gasteiger partial charge in [0.05, 0.1) is 5.52 Å². The highest BCUT2D eigenvalue weighted by Gasteiger charge is 2.17. The molecule has 0 aliphatic rings. The molecule has 0 spiro atoms. The highest BCUT2D eigenvalue weighted by Crippen LogP contribution is 2.16. The lowest BCUT2D eigenvalue weighted by molar-refractivity contribution is 0.0694. The first-order chi connectivity index (χ1) is 8.47. The number of fused-ring (bicyclic) bond motifs is 1. The number of carboxylic acids is 1. The van der Waals surface area contributed by atoms with E-state index in [4.69, 9.17) is 5.11 Å². The van der Waals surface area contributed by atoms with Gasteiger partial charge in [0.1, 0.15) is 5.56 Å². The molecule has 0 saturated carbocycles. The third kappa shape index (κ3) is 1.70. The van der Waals surface area contributed by atoms with Gasteiger partial charge in [-0.1, -0.05) is 13.0 Å². The fraction of sp³-hybridized carbons (Fsp3) is 0.286. The van der Waals surface area contributed by atoms with Crippen LogP contribution in [0.5, 0.6) is 0 Å². The minimum Gasteiger partial charge on any atom is -0.477 e. The molecule has 4 nitrogen and oxygen atoms in total. The highest BCUT2D eigenvalue weighted by atomic mass is 16.4. The van der Waals surface area contributed by atoms with Crippen LogP contribution in [0.25, 0.3) is 10.9 Å². The number of nitrogens with zero attached hydrogens (tertiary/aromatic N) is 1. The Morgan fingerprint density at radius 1 is 1.39 bits per heavy atom. The summed E-state index contributed by atoms with van der Waals surface area (Å²) in [6.45, 7) is 3.65. The lowest BCUT2D eigenvalue weighted by Gasteiger charge is -2.12. The van der Waals surface area contributed by atoms with E-state index in [1.165, 1.54) is 0 Å². The standard InChI is InChI=1S/C14H15NO3/c1-4-9-5-6-11-10(7-9)13(16)12(14(17)18)8(2)15(11)3/h5-7H,4H2,1-3H3,(H,17,18). The molecule has 0 unspecified atom stereocenters. The Morgan fingerprint density at radius 2 is 2.06 bits per heavy atom. The summed E-state index contributed by atoms with van der Waals surface area (Å²) in [5, 5.41) is 9.62.